The summed E-state index contributed by atoms with van der Waals surface area (Å²) in [6.07, 6.45) is 1.28. The van der Waals surface area contributed by atoms with E-state index in [-0.39, 0.29) is 21.6 Å². The molecule has 6 heteroatoms. The Labute approximate surface area is 89.2 Å². The molecular formula is C9H5ClN2O3. The molecule has 1 heterocycles. The van der Waals surface area contributed by atoms with E-state index in [1.54, 1.807) is 0 Å². The van der Waals surface area contributed by atoms with Crippen molar-refractivity contribution in [3.63, 3.8) is 0 Å². The molecule has 0 atom stereocenters. The SMILES string of the molecule is O=[N+]([O-])c1c(Cl)ccc2c1ccc[n+]2[O-]. The number of fused-ring (bicyclic) bond motifs is 1. The van der Waals surface area contributed by atoms with E-state index in [0.29, 0.717) is 4.73 Å². The van der Waals surface area contributed by atoms with Crippen molar-refractivity contribution in [2.24, 2.45) is 0 Å². The normalized spacial score (nSPS) is 10.5. The third-order valence-corrected chi connectivity index (χ3v) is 2.35. The third-order valence-electron chi connectivity index (χ3n) is 2.05. The summed E-state index contributed by atoms with van der Waals surface area (Å²) in [5.74, 6) is 0. The highest BCUT2D eigenvalue weighted by atomic mass is 35.5. The predicted octanol–water partition coefficient (Wildman–Crippen LogP) is 2.03. The first-order valence-electron chi connectivity index (χ1n) is 4.06. The molecule has 0 radical (unpaired) electrons. The van der Waals surface area contributed by atoms with Crippen LogP contribution in [0.4, 0.5) is 5.69 Å². The second kappa shape index (κ2) is 3.36. The summed E-state index contributed by atoms with van der Waals surface area (Å²) in [5, 5.41) is 22.3. The first kappa shape index (κ1) is 9.67. The molecule has 1 aromatic carbocycles. The minimum atomic E-state index is -0.593. The lowest BCUT2D eigenvalue weighted by Gasteiger charge is -2.02. The number of nitro groups is 1. The molecule has 2 rings (SSSR count). The second-order valence-corrected chi connectivity index (χ2v) is 3.33. The first-order chi connectivity index (χ1) is 7.11. The number of benzene rings is 1. The number of aromatic nitrogens is 1. The van der Waals surface area contributed by atoms with Crippen LogP contribution in [0.5, 0.6) is 0 Å². The number of nitro benzene ring substituents is 1. The Kier molecular flexibility index (Phi) is 2.17. The average Bonchev–Trinajstić information content (AvgIpc) is 2.17. The lowest BCUT2D eigenvalue weighted by molar-refractivity contribution is -0.577. The molecular weight excluding hydrogens is 220 g/mol. The van der Waals surface area contributed by atoms with Gasteiger partial charge in [-0.2, -0.15) is 4.73 Å². The molecule has 0 amide bonds. The molecule has 0 fully saturated rings. The highest BCUT2D eigenvalue weighted by molar-refractivity contribution is 6.34. The van der Waals surface area contributed by atoms with E-state index >= 15 is 0 Å². The Bertz CT molecular complexity index is 556. The quantitative estimate of drug-likeness (QED) is 0.322. The molecule has 0 saturated carbocycles. The van der Waals surface area contributed by atoms with E-state index in [1.807, 2.05) is 0 Å². The van der Waals surface area contributed by atoms with Crippen LogP contribution in [0.2, 0.25) is 5.02 Å². The maximum absolute atomic E-state index is 11.3. The standard InChI is InChI=1S/C9H5ClN2O3/c10-7-3-4-8-6(9(7)12(14)15)2-1-5-11(8)13/h1-5H. The first-order valence-corrected chi connectivity index (χ1v) is 4.44. The molecule has 1 aromatic heterocycles. The zero-order valence-corrected chi connectivity index (χ0v) is 8.14. The van der Waals surface area contributed by atoms with Gasteiger partial charge in [0.1, 0.15) is 10.4 Å². The van der Waals surface area contributed by atoms with Crippen molar-refractivity contribution >= 4 is 28.2 Å². The number of hydrogen-bond acceptors (Lipinski definition) is 3. The molecule has 0 aliphatic rings. The zero-order chi connectivity index (χ0) is 11.0. The van der Waals surface area contributed by atoms with E-state index in [9.17, 15) is 15.3 Å². The van der Waals surface area contributed by atoms with Crippen molar-refractivity contribution in [2.45, 2.75) is 0 Å². The lowest BCUT2D eigenvalue weighted by atomic mass is 10.2. The van der Waals surface area contributed by atoms with E-state index in [2.05, 4.69) is 0 Å². The van der Waals surface area contributed by atoms with Crippen LogP contribution in [0.15, 0.2) is 30.5 Å². The van der Waals surface area contributed by atoms with Crippen molar-refractivity contribution < 1.29 is 9.65 Å². The molecule has 0 saturated heterocycles. The van der Waals surface area contributed by atoms with E-state index in [0.717, 1.165) is 0 Å². The highest BCUT2D eigenvalue weighted by Gasteiger charge is 2.20. The molecule has 0 bridgehead atoms. The number of rotatable bonds is 1. The summed E-state index contributed by atoms with van der Waals surface area (Å²) in [6, 6.07) is 5.74. The van der Waals surface area contributed by atoms with Crippen LogP contribution in [-0.2, 0) is 0 Å². The van der Waals surface area contributed by atoms with Gasteiger partial charge in [0.15, 0.2) is 6.20 Å². The van der Waals surface area contributed by atoms with Gasteiger partial charge >= 0.3 is 5.69 Å². The summed E-state index contributed by atoms with van der Waals surface area (Å²) >= 11 is 5.70. The minimum Gasteiger partial charge on any atom is -0.618 e. The Hall–Kier alpha value is -1.88. The van der Waals surface area contributed by atoms with Gasteiger partial charge in [-0.15, -0.1) is 0 Å². The van der Waals surface area contributed by atoms with Gasteiger partial charge in [0, 0.05) is 12.1 Å². The fourth-order valence-corrected chi connectivity index (χ4v) is 1.64. The summed E-state index contributed by atoms with van der Waals surface area (Å²) in [6.45, 7) is 0. The van der Waals surface area contributed by atoms with E-state index < -0.39 is 4.92 Å². The number of pyridine rings is 1. The Morgan fingerprint density at radius 1 is 1.33 bits per heavy atom. The fraction of sp³-hybridized carbons (Fsp3) is 0. The van der Waals surface area contributed by atoms with E-state index in [1.165, 1.54) is 30.5 Å². The molecule has 2 aromatic rings. The third kappa shape index (κ3) is 1.46. The maximum atomic E-state index is 11.3. The molecule has 0 unspecified atom stereocenters. The smallest absolute Gasteiger partial charge is 0.301 e. The Balaban J connectivity index is 2.94. The van der Waals surface area contributed by atoms with E-state index in [4.69, 9.17) is 11.6 Å². The van der Waals surface area contributed by atoms with Crippen LogP contribution in [0.1, 0.15) is 0 Å². The molecule has 5 nitrogen and oxygen atoms in total. The summed E-state index contributed by atoms with van der Waals surface area (Å²) < 4.78 is 0.568. The van der Waals surface area contributed by atoms with Gasteiger partial charge < -0.3 is 5.21 Å². The van der Waals surface area contributed by atoms with Gasteiger partial charge in [0.2, 0.25) is 5.52 Å². The van der Waals surface area contributed by atoms with Crippen LogP contribution in [0, 0.1) is 15.3 Å². The number of halogens is 1. The van der Waals surface area contributed by atoms with Crippen molar-refractivity contribution in [2.75, 3.05) is 0 Å². The van der Waals surface area contributed by atoms with Gasteiger partial charge in [0.05, 0.1) is 4.92 Å². The molecule has 76 valence electrons. The zero-order valence-electron chi connectivity index (χ0n) is 7.38. The highest BCUT2D eigenvalue weighted by Crippen LogP contribution is 2.31. The maximum Gasteiger partial charge on any atom is 0.301 e. The average molecular weight is 225 g/mol. The van der Waals surface area contributed by atoms with Gasteiger partial charge in [0.25, 0.3) is 0 Å². The van der Waals surface area contributed by atoms with Gasteiger partial charge in [-0.05, 0) is 12.1 Å². The largest absolute Gasteiger partial charge is 0.618 e. The van der Waals surface area contributed by atoms with Crippen LogP contribution in [0.25, 0.3) is 10.9 Å². The van der Waals surface area contributed by atoms with Crippen LogP contribution >= 0.6 is 11.6 Å². The fourth-order valence-electron chi connectivity index (χ4n) is 1.41. The van der Waals surface area contributed by atoms with Crippen LogP contribution in [-0.4, -0.2) is 4.92 Å². The predicted molar refractivity (Wildman–Crippen MR) is 54.6 cm³/mol. The number of nitrogens with zero attached hydrogens (tertiary/aromatic N) is 2. The van der Waals surface area contributed by atoms with Crippen molar-refractivity contribution in [3.05, 3.63) is 50.8 Å². The monoisotopic (exact) mass is 224 g/mol. The van der Waals surface area contributed by atoms with Crippen molar-refractivity contribution in [1.82, 2.24) is 0 Å². The number of hydrogen-bond donors (Lipinski definition) is 0. The summed E-state index contributed by atoms with van der Waals surface area (Å²) in [5.41, 5.74) is -0.00651. The van der Waals surface area contributed by atoms with Crippen LogP contribution in [0.3, 0.4) is 0 Å². The Morgan fingerprint density at radius 3 is 2.73 bits per heavy atom. The summed E-state index contributed by atoms with van der Waals surface area (Å²) in [7, 11) is 0. The molecule has 15 heavy (non-hydrogen) atoms. The van der Waals surface area contributed by atoms with Gasteiger partial charge in [-0.1, -0.05) is 11.6 Å². The molecule has 0 N–H and O–H groups in total. The van der Waals surface area contributed by atoms with Gasteiger partial charge in [-0.3, -0.25) is 10.1 Å². The molecule has 0 spiro atoms. The topological polar surface area (TPSA) is 70.1 Å². The van der Waals surface area contributed by atoms with Crippen molar-refractivity contribution in [1.29, 1.82) is 0 Å². The van der Waals surface area contributed by atoms with Gasteiger partial charge in [-0.25, -0.2) is 0 Å². The molecule has 0 aliphatic heterocycles. The van der Waals surface area contributed by atoms with Crippen LogP contribution < -0.4 is 4.73 Å². The minimum absolute atomic E-state index is 0.0266. The van der Waals surface area contributed by atoms with Crippen molar-refractivity contribution in [3.8, 4) is 0 Å². The second-order valence-electron chi connectivity index (χ2n) is 2.92. The Morgan fingerprint density at radius 2 is 2.07 bits per heavy atom. The molecule has 0 aliphatic carbocycles. The summed E-state index contributed by atoms with van der Waals surface area (Å²) in [4.78, 5) is 10.2. The lowest BCUT2D eigenvalue weighted by Crippen LogP contribution is -2.25.